The fraction of sp³-hybridized carbons (Fsp3) is 0.286. The first-order chi connectivity index (χ1) is 13.8. The summed E-state index contributed by atoms with van der Waals surface area (Å²) in [6.07, 6.45) is 4.94. The first-order valence-electron chi connectivity index (χ1n) is 9.48. The van der Waals surface area contributed by atoms with Crippen molar-refractivity contribution in [2.45, 2.75) is 37.1 Å². The van der Waals surface area contributed by atoms with Gasteiger partial charge in [0.15, 0.2) is 9.84 Å². The minimum Gasteiger partial charge on any atom is -0.322 e. The van der Waals surface area contributed by atoms with Gasteiger partial charge in [0.2, 0.25) is 0 Å². The number of benzene rings is 2. The number of hydrogen-bond acceptors (Lipinski definition) is 5. The number of anilines is 1. The van der Waals surface area contributed by atoms with Crippen LogP contribution < -0.4 is 10.9 Å². The maximum Gasteiger partial charge on any atom is 0.261 e. The fourth-order valence-electron chi connectivity index (χ4n) is 3.55. The number of nitrogens with one attached hydrogen (secondary N) is 1. The minimum atomic E-state index is -3.29. The van der Waals surface area contributed by atoms with E-state index in [0.29, 0.717) is 28.7 Å². The number of carbonyl (C=O) groups excluding carboxylic acids is 1. The standard InChI is InChI=1S/C21H21N3O4S/c1-29(27,28)16-9-7-15(8-10-16)22-20(25)14-6-11-17-18(13-14)23-19-5-3-2-4-12-24(19)21(17)26/h6-11,13H,2-5,12H2,1H3,(H,22,25). The Hall–Kier alpha value is -3.00. The molecule has 8 heteroatoms. The average Bonchev–Trinajstić information content (AvgIpc) is 2.93. The Kier molecular flexibility index (Phi) is 4.96. The summed E-state index contributed by atoms with van der Waals surface area (Å²) in [5, 5.41) is 3.25. The van der Waals surface area contributed by atoms with Gasteiger partial charge in [-0.2, -0.15) is 0 Å². The third-order valence-corrected chi connectivity index (χ3v) is 6.25. The van der Waals surface area contributed by atoms with Crippen LogP contribution in [0.4, 0.5) is 5.69 Å². The molecule has 0 aliphatic carbocycles. The molecule has 7 nitrogen and oxygen atoms in total. The van der Waals surface area contributed by atoms with Crippen molar-refractivity contribution in [1.29, 1.82) is 0 Å². The zero-order valence-electron chi connectivity index (χ0n) is 16.0. The molecule has 0 spiro atoms. The molecule has 150 valence electrons. The molecule has 0 bridgehead atoms. The Morgan fingerprint density at radius 1 is 1.07 bits per heavy atom. The van der Waals surface area contributed by atoms with Crippen LogP contribution in [-0.2, 0) is 22.8 Å². The van der Waals surface area contributed by atoms with Gasteiger partial charge in [-0.15, -0.1) is 0 Å². The lowest BCUT2D eigenvalue weighted by Gasteiger charge is -2.11. The largest absolute Gasteiger partial charge is 0.322 e. The van der Waals surface area contributed by atoms with E-state index in [2.05, 4.69) is 10.3 Å². The second-order valence-corrected chi connectivity index (χ2v) is 9.29. The molecule has 1 amide bonds. The number of rotatable bonds is 3. The van der Waals surface area contributed by atoms with Crippen molar-refractivity contribution in [3.05, 3.63) is 64.2 Å². The van der Waals surface area contributed by atoms with Gasteiger partial charge in [0.25, 0.3) is 11.5 Å². The molecule has 1 aromatic heterocycles. The van der Waals surface area contributed by atoms with E-state index in [0.717, 1.165) is 37.8 Å². The third-order valence-electron chi connectivity index (χ3n) is 5.12. The molecular formula is C21H21N3O4S. The van der Waals surface area contributed by atoms with Crippen LogP contribution in [-0.4, -0.2) is 30.1 Å². The van der Waals surface area contributed by atoms with Gasteiger partial charge in [-0.1, -0.05) is 6.42 Å². The molecule has 2 aromatic carbocycles. The number of hydrogen-bond donors (Lipinski definition) is 1. The summed E-state index contributed by atoms with van der Waals surface area (Å²) in [6, 6.07) is 10.9. The lowest BCUT2D eigenvalue weighted by atomic mass is 10.1. The van der Waals surface area contributed by atoms with Gasteiger partial charge in [-0.25, -0.2) is 13.4 Å². The minimum absolute atomic E-state index is 0.0600. The first kappa shape index (κ1) is 19.3. The highest BCUT2D eigenvalue weighted by Gasteiger charge is 2.15. The van der Waals surface area contributed by atoms with Gasteiger partial charge in [-0.3, -0.25) is 14.2 Å². The molecule has 0 saturated heterocycles. The van der Waals surface area contributed by atoms with Gasteiger partial charge < -0.3 is 5.32 Å². The van der Waals surface area contributed by atoms with Gasteiger partial charge in [-0.05, 0) is 55.3 Å². The van der Waals surface area contributed by atoms with Crippen LogP contribution in [0.15, 0.2) is 52.2 Å². The van der Waals surface area contributed by atoms with Gasteiger partial charge in [0.05, 0.1) is 15.8 Å². The van der Waals surface area contributed by atoms with Crippen LogP contribution in [0.1, 0.15) is 35.4 Å². The van der Waals surface area contributed by atoms with Crippen molar-refractivity contribution in [3.63, 3.8) is 0 Å². The zero-order valence-corrected chi connectivity index (χ0v) is 16.8. The highest BCUT2D eigenvalue weighted by atomic mass is 32.2. The van der Waals surface area contributed by atoms with Crippen LogP contribution in [0.3, 0.4) is 0 Å². The van der Waals surface area contributed by atoms with E-state index in [1.165, 1.54) is 12.1 Å². The van der Waals surface area contributed by atoms with Gasteiger partial charge in [0.1, 0.15) is 5.82 Å². The van der Waals surface area contributed by atoms with E-state index in [1.54, 1.807) is 34.9 Å². The zero-order chi connectivity index (χ0) is 20.6. The van der Waals surface area contributed by atoms with Crippen LogP contribution in [0.25, 0.3) is 10.9 Å². The van der Waals surface area contributed by atoms with Crippen LogP contribution in [0.2, 0.25) is 0 Å². The summed E-state index contributed by atoms with van der Waals surface area (Å²) < 4.78 is 24.8. The van der Waals surface area contributed by atoms with Gasteiger partial charge in [0, 0.05) is 30.5 Å². The van der Waals surface area contributed by atoms with Crippen LogP contribution in [0.5, 0.6) is 0 Å². The molecule has 1 aliphatic rings. The smallest absolute Gasteiger partial charge is 0.261 e. The summed E-state index contributed by atoms with van der Waals surface area (Å²) in [7, 11) is -3.29. The Morgan fingerprint density at radius 2 is 1.83 bits per heavy atom. The molecule has 0 atom stereocenters. The summed E-state index contributed by atoms with van der Waals surface area (Å²) >= 11 is 0. The summed E-state index contributed by atoms with van der Waals surface area (Å²) in [5.41, 5.74) is 1.33. The van der Waals surface area contributed by atoms with Crippen molar-refractivity contribution >= 4 is 32.3 Å². The number of amides is 1. The second-order valence-electron chi connectivity index (χ2n) is 7.28. The van der Waals surface area contributed by atoms with Gasteiger partial charge >= 0.3 is 0 Å². The van der Waals surface area contributed by atoms with E-state index in [-0.39, 0.29) is 16.4 Å². The average molecular weight is 411 g/mol. The normalized spacial score (nSPS) is 14.2. The predicted molar refractivity (Wildman–Crippen MR) is 111 cm³/mol. The highest BCUT2D eigenvalue weighted by molar-refractivity contribution is 7.90. The number of aromatic nitrogens is 2. The molecule has 0 fully saturated rings. The van der Waals surface area contributed by atoms with E-state index in [4.69, 9.17) is 0 Å². The SMILES string of the molecule is CS(=O)(=O)c1ccc(NC(=O)c2ccc3c(=O)n4c(nc3c2)CCCCC4)cc1. The molecule has 0 unspecified atom stereocenters. The molecule has 0 saturated carbocycles. The fourth-order valence-corrected chi connectivity index (χ4v) is 4.18. The molecule has 1 aliphatic heterocycles. The Morgan fingerprint density at radius 3 is 2.55 bits per heavy atom. The number of fused-ring (bicyclic) bond motifs is 2. The molecule has 3 aromatic rings. The Labute approximate surface area is 168 Å². The quantitative estimate of drug-likeness (QED) is 0.715. The maximum atomic E-state index is 12.8. The number of sulfone groups is 1. The number of carbonyl (C=O) groups is 1. The monoisotopic (exact) mass is 411 g/mol. The summed E-state index contributed by atoms with van der Waals surface area (Å²) in [5.74, 6) is 0.421. The summed E-state index contributed by atoms with van der Waals surface area (Å²) in [4.78, 5) is 30.2. The van der Waals surface area contributed by atoms with Crippen molar-refractivity contribution in [2.75, 3.05) is 11.6 Å². The second kappa shape index (κ2) is 7.44. The number of nitrogens with zero attached hydrogens (tertiary/aromatic N) is 2. The van der Waals surface area contributed by atoms with Crippen LogP contribution >= 0.6 is 0 Å². The first-order valence-corrected chi connectivity index (χ1v) is 11.4. The van der Waals surface area contributed by atoms with Crippen molar-refractivity contribution < 1.29 is 13.2 Å². The summed E-state index contributed by atoms with van der Waals surface area (Å²) in [6.45, 7) is 0.683. The number of aryl methyl sites for hydroxylation is 1. The molecule has 0 radical (unpaired) electrons. The van der Waals surface area contributed by atoms with Crippen molar-refractivity contribution in [3.8, 4) is 0 Å². The molecular weight excluding hydrogens is 390 g/mol. The molecule has 2 heterocycles. The van der Waals surface area contributed by atoms with Crippen LogP contribution in [0, 0.1) is 0 Å². The Balaban J connectivity index is 1.64. The van der Waals surface area contributed by atoms with E-state index < -0.39 is 9.84 Å². The Bertz CT molecular complexity index is 1260. The lowest BCUT2D eigenvalue weighted by Crippen LogP contribution is -2.24. The molecule has 29 heavy (non-hydrogen) atoms. The van der Waals surface area contributed by atoms with E-state index in [1.807, 2.05) is 0 Å². The molecule has 4 rings (SSSR count). The predicted octanol–water partition coefficient (Wildman–Crippen LogP) is 2.78. The maximum absolute atomic E-state index is 12.8. The van der Waals surface area contributed by atoms with E-state index in [9.17, 15) is 18.0 Å². The molecule has 1 N–H and O–H groups in total. The highest BCUT2D eigenvalue weighted by Crippen LogP contribution is 2.18. The van der Waals surface area contributed by atoms with Crippen molar-refractivity contribution in [2.24, 2.45) is 0 Å². The lowest BCUT2D eigenvalue weighted by molar-refractivity contribution is 0.102. The van der Waals surface area contributed by atoms with E-state index >= 15 is 0 Å². The topological polar surface area (TPSA) is 98.1 Å². The van der Waals surface area contributed by atoms with Crippen molar-refractivity contribution in [1.82, 2.24) is 9.55 Å². The third kappa shape index (κ3) is 3.93.